The first-order valence-corrected chi connectivity index (χ1v) is 9.08. The van der Waals surface area contributed by atoms with E-state index in [-0.39, 0.29) is 5.60 Å². The van der Waals surface area contributed by atoms with Crippen molar-refractivity contribution in [3.8, 4) is 5.75 Å². The van der Waals surface area contributed by atoms with Crippen LogP contribution in [0.25, 0.3) is 0 Å². The molecule has 116 valence electrons. The Hall–Kier alpha value is -0.710. The minimum Gasteiger partial charge on any atom is -0.490 e. The number of benzene rings is 1. The largest absolute Gasteiger partial charge is 0.490 e. The molecule has 21 heavy (non-hydrogen) atoms. The summed E-state index contributed by atoms with van der Waals surface area (Å²) < 4.78 is 12.5. The van der Waals surface area contributed by atoms with Crippen LogP contribution in [0, 0.1) is 0 Å². The zero-order valence-corrected chi connectivity index (χ0v) is 13.6. The van der Waals surface area contributed by atoms with Crippen LogP contribution in [0.15, 0.2) is 24.3 Å². The Morgan fingerprint density at radius 2 is 2.14 bits per heavy atom. The Labute approximate surface area is 131 Å². The van der Waals surface area contributed by atoms with Crippen LogP contribution in [0.1, 0.15) is 31.2 Å². The third kappa shape index (κ3) is 3.74. The fraction of sp³-hybridized carbons (Fsp3) is 0.647. The van der Waals surface area contributed by atoms with E-state index in [4.69, 9.17) is 9.47 Å². The number of nitrogens with one attached hydrogen (secondary N) is 1. The Morgan fingerprint density at radius 1 is 1.33 bits per heavy atom. The lowest BCUT2D eigenvalue weighted by molar-refractivity contribution is -0.116. The van der Waals surface area contributed by atoms with Crippen molar-refractivity contribution in [2.45, 2.75) is 43.9 Å². The number of rotatable bonds is 4. The van der Waals surface area contributed by atoms with Gasteiger partial charge in [-0.15, -0.1) is 0 Å². The maximum absolute atomic E-state index is 6.34. The van der Waals surface area contributed by atoms with Gasteiger partial charge in [-0.1, -0.05) is 18.2 Å². The molecule has 0 radical (unpaired) electrons. The maximum Gasteiger partial charge on any atom is 0.124 e. The van der Waals surface area contributed by atoms with E-state index in [2.05, 4.69) is 29.6 Å². The summed E-state index contributed by atoms with van der Waals surface area (Å²) in [6, 6.07) is 8.36. The summed E-state index contributed by atoms with van der Waals surface area (Å²) >= 11 is 2.05. The molecule has 1 spiro atoms. The fourth-order valence-electron chi connectivity index (χ4n) is 3.31. The highest BCUT2D eigenvalue weighted by Crippen LogP contribution is 2.38. The molecule has 0 aliphatic carbocycles. The normalized spacial score (nSPS) is 24.9. The average molecular weight is 307 g/mol. The van der Waals surface area contributed by atoms with Gasteiger partial charge in [0.2, 0.25) is 0 Å². The molecule has 3 rings (SSSR count). The molecule has 2 aliphatic rings. The van der Waals surface area contributed by atoms with Gasteiger partial charge in [-0.05, 0) is 37.5 Å². The summed E-state index contributed by atoms with van der Waals surface area (Å²) in [5.41, 5.74) is 1.33. The molecule has 0 saturated carbocycles. The Balaban J connectivity index is 1.67. The Bertz CT molecular complexity index is 454. The second-order valence-electron chi connectivity index (χ2n) is 6.01. The lowest BCUT2D eigenvalue weighted by Crippen LogP contribution is -2.46. The zero-order valence-electron chi connectivity index (χ0n) is 12.8. The molecule has 1 unspecified atom stereocenters. The molecule has 2 aliphatic heterocycles. The highest BCUT2D eigenvalue weighted by molar-refractivity contribution is 7.99. The summed E-state index contributed by atoms with van der Waals surface area (Å²) in [6.45, 7) is 1.69. The van der Waals surface area contributed by atoms with E-state index in [1.54, 1.807) is 0 Å². The van der Waals surface area contributed by atoms with Crippen molar-refractivity contribution in [3.63, 3.8) is 0 Å². The summed E-state index contributed by atoms with van der Waals surface area (Å²) in [5, 5.41) is 3.21. The van der Waals surface area contributed by atoms with Gasteiger partial charge < -0.3 is 14.8 Å². The van der Waals surface area contributed by atoms with E-state index in [1.807, 2.05) is 18.8 Å². The molecule has 1 N–H and O–H groups in total. The first kappa shape index (κ1) is 15.2. The molecule has 2 heterocycles. The fourth-order valence-corrected chi connectivity index (χ4v) is 4.55. The highest BCUT2D eigenvalue weighted by Gasteiger charge is 2.39. The highest BCUT2D eigenvalue weighted by atomic mass is 32.2. The van der Waals surface area contributed by atoms with Crippen LogP contribution in [-0.4, -0.2) is 36.9 Å². The predicted octanol–water partition coefficient (Wildman–Crippen LogP) is 3.23. The van der Waals surface area contributed by atoms with Crippen molar-refractivity contribution in [2.75, 3.05) is 25.2 Å². The summed E-state index contributed by atoms with van der Waals surface area (Å²) in [6.07, 6.45) is 4.69. The van der Waals surface area contributed by atoms with Gasteiger partial charge in [-0.25, -0.2) is 0 Å². The molecule has 1 aromatic rings. The molecule has 3 nitrogen and oxygen atoms in total. The quantitative estimate of drug-likeness (QED) is 0.925. The minimum atomic E-state index is 0.0894. The van der Waals surface area contributed by atoms with Crippen LogP contribution >= 0.6 is 11.8 Å². The molecule has 2 fully saturated rings. The van der Waals surface area contributed by atoms with Crippen LogP contribution in [0.3, 0.4) is 0 Å². The molecule has 0 aromatic heterocycles. The van der Waals surface area contributed by atoms with Crippen LogP contribution < -0.4 is 10.1 Å². The van der Waals surface area contributed by atoms with Gasteiger partial charge in [0, 0.05) is 24.9 Å². The molecule has 1 aromatic carbocycles. The van der Waals surface area contributed by atoms with Gasteiger partial charge in [-0.3, -0.25) is 0 Å². The first-order valence-electron chi connectivity index (χ1n) is 7.92. The summed E-state index contributed by atoms with van der Waals surface area (Å²) in [4.78, 5) is 0. The molecular weight excluding hydrogens is 282 g/mol. The number of hydrogen-bond acceptors (Lipinski definition) is 4. The van der Waals surface area contributed by atoms with Crippen molar-refractivity contribution >= 4 is 11.8 Å². The van der Waals surface area contributed by atoms with E-state index in [1.165, 1.54) is 29.9 Å². The third-order valence-electron chi connectivity index (χ3n) is 4.49. The zero-order chi connectivity index (χ0) is 14.5. The Kier molecular flexibility index (Phi) is 5.09. The topological polar surface area (TPSA) is 30.5 Å². The molecule has 0 amide bonds. The molecule has 4 heteroatoms. The van der Waals surface area contributed by atoms with E-state index in [9.17, 15) is 0 Å². The van der Waals surface area contributed by atoms with E-state index in [0.29, 0.717) is 6.10 Å². The van der Waals surface area contributed by atoms with Gasteiger partial charge in [0.1, 0.15) is 11.9 Å². The number of para-hydroxylation sites is 1. The smallest absolute Gasteiger partial charge is 0.124 e. The van der Waals surface area contributed by atoms with Crippen LogP contribution in [0.5, 0.6) is 5.75 Å². The molecule has 2 saturated heterocycles. The monoisotopic (exact) mass is 307 g/mol. The van der Waals surface area contributed by atoms with Crippen molar-refractivity contribution in [1.82, 2.24) is 5.32 Å². The number of hydrogen-bond donors (Lipinski definition) is 1. The van der Waals surface area contributed by atoms with E-state index in [0.717, 1.165) is 31.7 Å². The lowest BCUT2D eigenvalue weighted by atomic mass is 9.86. The predicted molar refractivity (Wildman–Crippen MR) is 88.1 cm³/mol. The van der Waals surface area contributed by atoms with Crippen molar-refractivity contribution in [3.05, 3.63) is 29.8 Å². The molecule has 1 atom stereocenters. The first-order chi connectivity index (χ1) is 10.3. The van der Waals surface area contributed by atoms with Crippen LogP contribution in [0.4, 0.5) is 0 Å². The third-order valence-corrected chi connectivity index (χ3v) is 5.47. The van der Waals surface area contributed by atoms with Crippen LogP contribution in [0.2, 0.25) is 0 Å². The second kappa shape index (κ2) is 7.03. The van der Waals surface area contributed by atoms with Crippen LogP contribution in [-0.2, 0) is 11.3 Å². The average Bonchev–Trinajstić information content (AvgIpc) is 2.50. The van der Waals surface area contributed by atoms with Gasteiger partial charge in [-0.2, -0.15) is 11.8 Å². The van der Waals surface area contributed by atoms with E-state index < -0.39 is 0 Å². The number of thioether (sulfide) groups is 1. The maximum atomic E-state index is 6.34. The number of ether oxygens (including phenoxy) is 2. The van der Waals surface area contributed by atoms with Crippen molar-refractivity contribution < 1.29 is 9.47 Å². The lowest BCUT2D eigenvalue weighted by Gasteiger charge is -2.43. The summed E-state index contributed by atoms with van der Waals surface area (Å²) in [5.74, 6) is 3.48. The van der Waals surface area contributed by atoms with Gasteiger partial charge >= 0.3 is 0 Å². The second-order valence-corrected chi connectivity index (χ2v) is 7.24. The van der Waals surface area contributed by atoms with E-state index >= 15 is 0 Å². The minimum absolute atomic E-state index is 0.0894. The van der Waals surface area contributed by atoms with Crippen molar-refractivity contribution in [1.29, 1.82) is 0 Å². The van der Waals surface area contributed by atoms with Gasteiger partial charge in [0.05, 0.1) is 12.2 Å². The molecular formula is C17H25NO2S. The Morgan fingerprint density at radius 3 is 2.95 bits per heavy atom. The summed E-state index contributed by atoms with van der Waals surface area (Å²) in [7, 11) is 1.97. The standard InChI is InChI=1S/C17H25NO2S/c1-18-13-14-4-2-3-5-16(14)20-15-6-9-19-17(12-15)7-10-21-11-8-17/h2-5,15,18H,6-13H2,1H3. The van der Waals surface area contributed by atoms with Gasteiger partial charge in [0.25, 0.3) is 0 Å². The van der Waals surface area contributed by atoms with Gasteiger partial charge in [0.15, 0.2) is 0 Å². The SMILES string of the molecule is CNCc1ccccc1OC1CCOC2(CCSCC2)C1. The molecule has 0 bridgehead atoms. The van der Waals surface area contributed by atoms with Crippen molar-refractivity contribution in [2.24, 2.45) is 0 Å².